The first-order valence-electron chi connectivity index (χ1n) is 7.17. The molecular weight excluding hydrogens is 256 g/mol. The van der Waals surface area contributed by atoms with Crippen LogP contribution in [0.1, 0.15) is 41.7 Å². The van der Waals surface area contributed by atoms with Crippen LogP contribution in [0.3, 0.4) is 0 Å². The van der Waals surface area contributed by atoms with Crippen molar-refractivity contribution in [1.82, 2.24) is 4.98 Å². The Balaban J connectivity index is 2.01. The molecule has 1 fully saturated rings. The number of aliphatic hydroxyl groups is 1. The molecule has 0 saturated heterocycles. The zero-order valence-electron chi connectivity index (χ0n) is 11.8. The number of carbonyl (C=O) groups is 1. The topological polar surface area (TPSA) is 82.5 Å². The first-order chi connectivity index (χ1) is 9.60. The molecule has 20 heavy (non-hydrogen) atoms. The maximum Gasteiger partial charge on any atom is 0.335 e. The fraction of sp³-hybridized carbons (Fsp3) is 0.600. The molecule has 0 aliphatic heterocycles. The lowest BCUT2D eigenvalue weighted by molar-refractivity contribution is 0.0696. The largest absolute Gasteiger partial charge is 0.478 e. The minimum absolute atomic E-state index is 0.230. The summed E-state index contributed by atoms with van der Waals surface area (Å²) in [6.07, 6.45) is 4.57. The highest BCUT2D eigenvalue weighted by Gasteiger charge is 2.24. The number of nitrogens with zero attached hydrogens (tertiary/aromatic N) is 1. The predicted octanol–water partition coefficient (Wildman–Crippen LogP) is 2.30. The maximum atomic E-state index is 11.0. The van der Waals surface area contributed by atoms with E-state index >= 15 is 0 Å². The Hall–Kier alpha value is -1.62. The van der Waals surface area contributed by atoms with Gasteiger partial charge in [-0.2, -0.15) is 0 Å². The van der Waals surface area contributed by atoms with Gasteiger partial charge in [-0.1, -0.05) is 12.8 Å². The number of aromatic nitrogens is 1. The highest BCUT2D eigenvalue weighted by Crippen LogP contribution is 2.29. The van der Waals surface area contributed by atoms with Crippen LogP contribution in [0.15, 0.2) is 12.1 Å². The molecule has 5 nitrogen and oxygen atoms in total. The second kappa shape index (κ2) is 6.70. The number of anilines is 1. The van der Waals surface area contributed by atoms with Gasteiger partial charge in [0, 0.05) is 18.8 Å². The van der Waals surface area contributed by atoms with Gasteiger partial charge in [-0.3, -0.25) is 0 Å². The van der Waals surface area contributed by atoms with Crippen molar-refractivity contribution in [2.45, 2.75) is 32.6 Å². The zero-order chi connectivity index (χ0) is 14.5. The van der Waals surface area contributed by atoms with Crippen molar-refractivity contribution in [3.05, 3.63) is 23.4 Å². The van der Waals surface area contributed by atoms with Gasteiger partial charge < -0.3 is 15.5 Å². The first kappa shape index (κ1) is 14.8. The maximum absolute atomic E-state index is 11.0. The number of pyridine rings is 1. The molecule has 2 atom stereocenters. The number of hydrogen-bond donors (Lipinski definition) is 3. The second-order valence-electron chi connectivity index (χ2n) is 5.56. The molecule has 110 valence electrons. The average molecular weight is 278 g/mol. The van der Waals surface area contributed by atoms with Crippen molar-refractivity contribution < 1.29 is 15.0 Å². The van der Waals surface area contributed by atoms with E-state index in [1.165, 1.54) is 12.8 Å². The molecule has 1 aliphatic carbocycles. The SMILES string of the molecule is Cc1cc(C(=O)O)cc(NCC2CCCCC2CO)n1. The van der Waals surface area contributed by atoms with Crippen LogP contribution in [0.4, 0.5) is 5.82 Å². The fourth-order valence-electron chi connectivity index (χ4n) is 2.91. The lowest BCUT2D eigenvalue weighted by Crippen LogP contribution is -2.28. The number of carboxylic acids is 1. The van der Waals surface area contributed by atoms with E-state index in [1.54, 1.807) is 19.1 Å². The van der Waals surface area contributed by atoms with Crippen molar-refractivity contribution in [2.75, 3.05) is 18.5 Å². The molecule has 0 radical (unpaired) electrons. The third-order valence-electron chi connectivity index (χ3n) is 4.05. The molecule has 1 aromatic rings. The number of aryl methyl sites for hydroxylation is 1. The van der Waals surface area contributed by atoms with Gasteiger partial charge in [-0.25, -0.2) is 9.78 Å². The molecule has 1 aromatic heterocycles. The summed E-state index contributed by atoms with van der Waals surface area (Å²) in [6.45, 7) is 2.75. The molecule has 1 aliphatic rings. The molecule has 2 rings (SSSR count). The summed E-state index contributed by atoms with van der Waals surface area (Å²) >= 11 is 0. The molecule has 0 aromatic carbocycles. The number of hydrogen-bond acceptors (Lipinski definition) is 4. The molecule has 1 heterocycles. The van der Waals surface area contributed by atoms with Gasteiger partial charge in [0.25, 0.3) is 0 Å². The van der Waals surface area contributed by atoms with Gasteiger partial charge in [-0.05, 0) is 43.7 Å². The van der Waals surface area contributed by atoms with Crippen molar-refractivity contribution in [3.63, 3.8) is 0 Å². The van der Waals surface area contributed by atoms with E-state index in [2.05, 4.69) is 10.3 Å². The molecule has 0 amide bonds. The minimum Gasteiger partial charge on any atom is -0.478 e. The van der Waals surface area contributed by atoms with E-state index in [0.29, 0.717) is 23.3 Å². The van der Waals surface area contributed by atoms with Gasteiger partial charge >= 0.3 is 5.97 Å². The van der Waals surface area contributed by atoms with Crippen molar-refractivity contribution in [2.24, 2.45) is 11.8 Å². The monoisotopic (exact) mass is 278 g/mol. The van der Waals surface area contributed by atoms with Gasteiger partial charge in [0.1, 0.15) is 5.82 Å². The Morgan fingerprint density at radius 2 is 2.05 bits per heavy atom. The molecule has 5 heteroatoms. The number of rotatable bonds is 5. The standard InChI is InChI=1S/C15H22N2O3/c1-10-6-13(15(19)20)7-14(17-10)16-8-11-4-2-3-5-12(11)9-18/h6-7,11-12,18H,2-5,8-9H2,1H3,(H,16,17)(H,19,20). The molecule has 1 saturated carbocycles. The number of aliphatic hydroxyl groups excluding tert-OH is 1. The van der Waals surface area contributed by atoms with E-state index in [-0.39, 0.29) is 12.2 Å². The van der Waals surface area contributed by atoms with Gasteiger partial charge in [-0.15, -0.1) is 0 Å². The van der Waals surface area contributed by atoms with Crippen LogP contribution in [-0.4, -0.2) is 34.3 Å². The van der Waals surface area contributed by atoms with Crippen LogP contribution in [0, 0.1) is 18.8 Å². The lowest BCUT2D eigenvalue weighted by atomic mass is 9.79. The van der Waals surface area contributed by atoms with Gasteiger partial charge in [0.05, 0.1) is 5.56 Å². The minimum atomic E-state index is -0.940. The summed E-state index contributed by atoms with van der Waals surface area (Å²) in [5.41, 5.74) is 0.942. The van der Waals surface area contributed by atoms with Crippen LogP contribution >= 0.6 is 0 Å². The van der Waals surface area contributed by atoms with Gasteiger partial charge in [0.2, 0.25) is 0 Å². The second-order valence-corrected chi connectivity index (χ2v) is 5.56. The third kappa shape index (κ3) is 3.70. The Labute approximate surface area is 119 Å². The zero-order valence-corrected chi connectivity index (χ0v) is 11.8. The van der Waals surface area contributed by atoms with Crippen LogP contribution in [0.5, 0.6) is 0 Å². The van der Waals surface area contributed by atoms with Crippen molar-refractivity contribution in [1.29, 1.82) is 0 Å². The van der Waals surface area contributed by atoms with E-state index in [0.717, 1.165) is 19.4 Å². The number of aromatic carboxylic acids is 1. The summed E-state index contributed by atoms with van der Waals surface area (Å²) in [5.74, 6) is 0.443. The first-order valence-corrected chi connectivity index (χ1v) is 7.17. The highest BCUT2D eigenvalue weighted by molar-refractivity contribution is 5.88. The summed E-state index contributed by atoms with van der Waals surface area (Å²) in [6, 6.07) is 3.12. The molecule has 0 spiro atoms. The highest BCUT2D eigenvalue weighted by atomic mass is 16.4. The van der Waals surface area contributed by atoms with E-state index in [1.807, 2.05) is 0 Å². The Bertz CT molecular complexity index is 476. The van der Waals surface area contributed by atoms with E-state index in [9.17, 15) is 9.90 Å². The smallest absolute Gasteiger partial charge is 0.335 e. The molecule has 3 N–H and O–H groups in total. The fourth-order valence-corrected chi connectivity index (χ4v) is 2.91. The normalized spacial score (nSPS) is 22.5. The van der Waals surface area contributed by atoms with Crippen LogP contribution in [0.25, 0.3) is 0 Å². The average Bonchev–Trinajstić information content (AvgIpc) is 2.44. The van der Waals surface area contributed by atoms with E-state index in [4.69, 9.17) is 5.11 Å². The molecular formula is C15H22N2O3. The summed E-state index contributed by atoms with van der Waals surface area (Å²) in [4.78, 5) is 15.3. The van der Waals surface area contributed by atoms with Gasteiger partial charge in [0.15, 0.2) is 0 Å². The Morgan fingerprint density at radius 1 is 1.35 bits per heavy atom. The predicted molar refractivity (Wildman–Crippen MR) is 77.0 cm³/mol. The van der Waals surface area contributed by atoms with Crippen LogP contribution < -0.4 is 5.32 Å². The summed E-state index contributed by atoms with van der Waals surface area (Å²) in [5, 5.41) is 21.7. The third-order valence-corrected chi connectivity index (χ3v) is 4.05. The number of nitrogens with one attached hydrogen (secondary N) is 1. The Morgan fingerprint density at radius 3 is 2.70 bits per heavy atom. The Kier molecular flexibility index (Phi) is 4.95. The van der Waals surface area contributed by atoms with Crippen molar-refractivity contribution in [3.8, 4) is 0 Å². The van der Waals surface area contributed by atoms with Crippen molar-refractivity contribution >= 4 is 11.8 Å². The summed E-state index contributed by atoms with van der Waals surface area (Å²) in [7, 11) is 0. The van der Waals surface area contributed by atoms with Crippen LogP contribution in [-0.2, 0) is 0 Å². The van der Waals surface area contributed by atoms with E-state index < -0.39 is 5.97 Å². The quantitative estimate of drug-likeness (QED) is 0.770. The van der Waals surface area contributed by atoms with Crippen LogP contribution in [0.2, 0.25) is 0 Å². The molecule has 0 bridgehead atoms. The number of carboxylic acid groups (broad SMARTS) is 1. The molecule has 2 unspecified atom stereocenters. The lowest BCUT2D eigenvalue weighted by Gasteiger charge is -2.30. The summed E-state index contributed by atoms with van der Waals surface area (Å²) < 4.78 is 0.